The lowest BCUT2D eigenvalue weighted by Gasteiger charge is -2.19. The molecule has 0 aliphatic carbocycles. The summed E-state index contributed by atoms with van der Waals surface area (Å²) < 4.78 is 11.9. The van der Waals surface area contributed by atoms with Gasteiger partial charge in [0.15, 0.2) is 0 Å². The van der Waals surface area contributed by atoms with Crippen molar-refractivity contribution in [3.05, 3.63) is 54.6 Å². The minimum absolute atomic E-state index is 0.345. The summed E-state index contributed by atoms with van der Waals surface area (Å²) >= 11 is 0. The molecule has 2 aromatic heterocycles. The van der Waals surface area contributed by atoms with Gasteiger partial charge in [0.05, 0.1) is 19.3 Å². The number of ether oxygens (including phenoxy) is 2. The van der Waals surface area contributed by atoms with Crippen molar-refractivity contribution < 1.29 is 9.47 Å². The molecule has 0 bridgehead atoms. The maximum atomic E-state index is 6.00. The maximum Gasteiger partial charge on any atom is 0.122 e. The van der Waals surface area contributed by atoms with Gasteiger partial charge in [-0.1, -0.05) is 6.07 Å². The number of pyridine rings is 2. The smallest absolute Gasteiger partial charge is 0.122 e. The van der Waals surface area contributed by atoms with Crippen LogP contribution in [0.1, 0.15) is 5.56 Å². The van der Waals surface area contributed by atoms with E-state index in [1.165, 1.54) is 5.56 Å². The topological polar surface area (TPSA) is 47.5 Å². The van der Waals surface area contributed by atoms with Crippen LogP contribution in [0.25, 0.3) is 0 Å². The van der Waals surface area contributed by atoms with E-state index in [-0.39, 0.29) is 0 Å². The van der Waals surface area contributed by atoms with E-state index in [0.29, 0.717) is 24.5 Å². The van der Waals surface area contributed by atoms with Crippen LogP contribution in [0.4, 0.5) is 0 Å². The number of aromatic nitrogens is 2. The molecule has 0 aromatic carbocycles. The van der Waals surface area contributed by atoms with Gasteiger partial charge in [-0.2, -0.15) is 0 Å². The summed E-state index contributed by atoms with van der Waals surface area (Å²) in [5.74, 6) is 1.91. The molecule has 0 saturated carbocycles. The van der Waals surface area contributed by atoms with Crippen LogP contribution in [0.2, 0.25) is 0 Å². The van der Waals surface area contributed by atoms with Gasteiger partial charge in [-0.3, -0.25) is 14.9 Å². The Balaban J connectivity index is 1.32. The van der Waals surface area contributed by atoms with Crippen molar-refractivity contribution in [1.82, 2.24) is 14.9 Å². The third-order valence-electron chi connectivity index (χ3n) is 4.76. The van der Waals surface area contributed by atoms with E-state index in [9.17, 15) is 0 Å². The number of fused-ring (bicyclic) bond motifs is 1. The van der Waals surface area contributed by atoms with Crippen molar-refractivity contribution in [3.8, 4) is 5.75 Å². The van der Waals surface area contributed by atoms with Gasteiger partial charge >= 0.3 is 0 Å². The number of hydrogen-bond acceptors (Lipinski definition) is 5. The average Bonchev–Trinajstić information content (AvgIpc) is 3.15. The Labute approximate surface area is 136 Å². The first-order chi connectivity index (χ1) is 11.4. The summed E-state index contributed by atoms with van der Waals surface area (Å²) in [6.07, 6.45) is 7.62. The molecule has 2 aromatic rings. The summed E-state index contributed by atoms with van der Waals surface area (Å²) in [4.78, 5) is 10.7. The van der Waals surface area contributed by atoms with Crippen molar-refractivity contribution in [3.63, 3.8) is 0 Å². The van der Waals surface area contributed by atoms with Crippen LogP contribution in [-0.2, 0) is 11.3 Å². The highest BCUT2D eigenvalue weighted by Gasteiger charge is 2.43. The number of likely N-dealkylation sites (tertiary alicyclic amines) is 1. The normalized spacial score (nSPS) is 27.0. The average molecular weight is 311 g/mol. The first-order valence-electron chi connectivity index (χ1n) is 8.14. The Morgan fingerprint density at radius 3 is 2.87 bits per heavy atom. The quantitative estimate of drug-likeness (QED) is 0.845. The van der Waals surface area contributed by atoms with Gasteiger partial charge in [0.1, 0.15) is 5.75 Å². The van der Waals surface area contributed by atoms with Crippen LogP contribution >= 0.6 is 0 Å². The third kappa shape index (κ3) is 3.35. The number of hydrogen-bond donors (Lipinski definition) is 0. The molecule has 0 unspecified atom stereocenters. The molecule has 4 heterocycles. The van der Waals surface area contributed by atoms with Crippen molar-refractivity contribution in [1.29, 1.82) is 0 Å². The summed E-state index contributed by atoms with van der Waals surface area (Å²) in [6.45, 7) is 4.55. The van der Waals surface area contributed by atoms with Crippen molar-refractivity contribution in [2.24, 2.45) is 11.8 Å². The van der Waals surface area contributed by atoms with Gasteiger partial charge in [0.25, 0.3) is 0 Å². The molecular weight excluding hydrogens is 290 g/mol. The predicted octanol–water partition coefficient (Wildman–Crippen LogP) is 2.00. The lowest BCUT2D eigenvalue weighted by molar-refractivity contribution is 0.0897. The van der Waals surface area contributed by atoms with E-state index in [0.717, 1.165) is 32.0 Å². The molecule has 23 heavy (non-hydrogen) atoms. The molecule has 5 heteroatoms. The summed E-state index contributed by atoms with van der Waals surface area (Å²) in [6, 6.07) is 7.92. The van der Waals surface area contributed by atoms with Crippen LogP contribution in [0.3, 0.4) is 0 Å². The van der Waals surface area contributed by atoms with E-state index in [1.807, 2.05) is 30.6 Å². The summed E-state index contributed by atoms with van der Waals surface area (Å²) in [7, 11) is 0. The highest BCUT2D eigenvalue weighted by Crippen LogP contribution is 2.34. The van der Waals surface area contributed by atoms with E-state index in [4.69, 9.17) is 9.47 Å². The SMILES string of the molecule is c1cncc(CN2C[C@H]3[C@H](COc4ccncc4)CO[C@H]3C2)c1. The van der Waals surface area contributed by atoms with Crippen molar-refractivity contribution >= 4 is 0 Å². The van der Waals surface area contributed by atoms with Crippen LogP contribution in [0.5, 0.6) is 5.75 Å². The lowest BCUT2D eigenvalue weighted by Crippen LogP contribution is -2.26. The molecule has 2 saturated heterocycles. The summed E-state index contributed by atoms with van der Waals surface area (Å²) in [5.41, 5.74) is 1.26. The number of rotatable bonds is 5. The molecule has 2 aliphatic rings. The molecule has 0 N–H and O–H groups in total. The molecule has 0 radical (unpaired) electrons. The van der Waals surface area contributed by atoms with Gasteiger partial charge in [-0.05, 0) is 23.8 Å². The van der Waals surface area contributed by atoms with Gasteiger partial charge in [-0.25, -0.2) is 0 Å². The van der Waals surface area contributed by atoms with E-state index in [2.05, 4.69) is 20.9 Å². The van der Waals surface area contributed by atoms with Crippen molar-refractivity contribution in [2.45, 2.75) is 12.6 Å². The first-order valence-corrected chi connectivity index (χ1v) is 8.14. The second kappa shape index (κ2) is 6.64. The Morgan fingerprint density at radius 1 is 1.13 bits per heavy atom. The maximum absolute atomic E-state index is 6.00. The van der Waals surface area contributed by atoms with E-state index < -0.39 is 0 Å². The fourth-order valence-electron chi connectivity index (χ4n) is 3.57. The predicted molar refractivity (Wildman–Crippen MR) is 86.0 cm³/mol. The van der Waals surface area contributed by atoms with Gasteiger partial charge in [-0.15, -0.1) is 0 Å². The zero-order valence-electron chi connectivity index (χ0n) is 13.0. The molecule has 3 atom stereocenters. The molecule has 120 valence electrons. The fraction of sp³-hybridized carbons (Fsp3) is 0.444. The van der Waals surface area contributed by atoms with E-state index >= 15 is 0 Å². The Morgan fingerprint density at radius 2 is 2.04 bits per heavy atom. The van der Waals surface area contributed by atoms with Crippen LogP contribution in [-0.4, -0.2) is 47.3 Å². The Kier molecular flexibility index (Phi) is 4.22. The number of nitrogens with zero attached hydrogens (tertiary/aromatic N) is 3. The minimum Gasteiger partial charge on any atom is -0.493 e. The van der Waals surface area contributed by atoms with E-state index in [1.54, 1.807) is 12.4 Å². The molecule has 4 rings (SSSR count). The second-order valence-corrected chi connectivity index (χ2v) is 6.34. The first kappa shape index (κ1) is 14.6. The molecule has 2 aliphatic heterocycles. The lowest BCUT2D eigenvalue weighted by atomic mass is 9.94. The fourth-order valence-corrected chi connectivity index (χ4v) is 3.57. The van der Waals surface area contributed by atoms with Crippen molar-refractivity contribution in [2.75, 3.05) is 26.3 Å². The van der Waals surface area contributed by atoms with Crippen LogP contribution < -0.4 is 4.74 Å². The monoisotopic (exact) mass is 311 g/mol. The van der Waals surface area contributed by atoms with Crippen LogP contribution in [0, 0.1) is 11.8 Å². The Bertz CT molecular complexity index is 623. The molecular formula is C18H21N3O2. The standard InChI is InChI=1S/C18H21N3O2/c1-2-14(8-20-5-1)9-21-10-17-15(13-23-18(17)11-21)12-22-16-3-6-19-7-4-16/h1-8,15,17-18H,9-13H2/t15-,17+,18+/m1/s1. The molecule has 5 nitrogen and oxygen atoms in total. The van der Waals surface area contributed by atoms with Crippen LogP contribution in [0.15, 0.2) is 49.1 Å². The third-order valence-corrected chi connectivity index (χ3v) is 4.76. The molecule has 2 fully saturated rings. The second-order valence-electron chi connectivity index (χ2n) is 6.34. The zero-order chi connectivity index (χ0) is 15.5. The molecule has 0 spiro atoms. The van der Waals surface area contributed by atoms with Gasteiger partial charge in [0.2, 0.25) is 0 Å². The molecule has 0 amide bonds. The Hall–Kier alpha value is -1.98. The highest BCUT2D eigenvalue weighted by molar-refractivity contribution is 5.17. The largest absolute Gasteiger partial charge is 0.493 e. The minimum atomic E-state index is 0.345. The summed E-state index contributed by atoms with van der Waals surface area (Å²) in [5, 5.41) is 0. The zero-order valence-corrected chi connectivity index (χ0v) is 13.0. The van der Waals surface area contributed by atoms with Gasteiger partial charge in [0, 0.05) is 56.3 Å². The highest BCUT2D eigenvalue weighted by atomic mass is 16.5. The van der Waals surface area contributed by atoms with Gasteiger partial charge < -0.3 is 9.47 Å².